The molecule has 4 aromatic carbocycles. The number of nitrogens with one attached hydrogen (secondary N) is 2. The third-order valence-electron chi connectivity index (χ3n) is 8.65. The highest BCUT2D eigenvalue weighted by Crippen LogP contribution is 2.23. The fraction of sp³-hybridized carbons (Fsp3) is 0.366. The molecule has 0 saturated carbocycles. The molecular weight excluding hydrogens is 596 g/mol. The average Bonchev–Trinajstić information content (AvgIpc) is 3.17. The van der Waals surface area contributed by atoms with Crippen LogP contribution in [0.5, 0.6) is 0 Å². The topological polar surface area (TPSA) is 84.9 Å². The Kier molecular flexibility index (Phi) is 9.38. The van der Waals surface area contributed by atoms with Crippen LogP contribution in [0.2, 0.25) is 0 Å². The zero-order chi connectivity index (χ0) is 40.6. The molecule has 0 unspecified atom stereocenters. The molecule has 252 valence electrons. The normalized spacial score (nSPS) is 19.7. The van der Waals surface area contributed by atoms with Gasteiger partial charge in [-0.1, -0.05) is 135 Å². The average molecular weight is 655 g/mol. The predicted molar refractivity (Wildman–Crippen MR) is 192 cm³/mol. The van der Waals surface area contributed by atoms with Gasteiger partial charge in [0.05, 0.1) is 7.47 Å². The van der Waals surface area contributed by atoms with Gasteiger partial charge < -0.3 is 20.6 Å². The minimum absolute atomic E-state index is 0.104. The lowest BCUT2D eigenvalue weighted by Crippen LogP contribution is -2.59. The highest BCUT2D eigenvalue weighted by Gasteiger charge is 2.36. The van der Waals surface area contributed by atoms with Crippen molar-refractivity contribution in [2.45, 2.75) is 76.7 Å². The molecule has 5 rings (SSSR count). The Balaban J connectivity index is 1.57. The monoisotopic (exact) mass is 654 g/mol. The Morgan fingerprint density at radius 3 is 1.83 bits per heavy atom. The molecule has 7 nitrogen and oxygen atoms in total. The van der Waals surface area contributed by atoms with E-state index < -0.39 is 55.7 Å². The van der Waals surface area contributed by atoms with E-state index in [1.165, 1.54) is 0 Å². The molecule has 0 aliphatic carbocycles. The molecule has 7 heteroatoms. The maximum atomic E-state index is 14.7. The van der Waals surface area contributed by atoms with Gasteiger partial charge in [0.25, 0.3) is 0 Å². The Labute approximate surface area is 297 Å². The molecule has 3 amide bonds. The van der Waals surface area contributed by atoms with Gasteiger partial charge in [-0.3, -0.25) is 9.69 Å². The van der Waals surface area contributed by atoms with Crippen molar-refractivity contribution in [2.24, 2.45) is 5.89 Å². The van der Waals surface area contributed by atoms with Crippen LogP contribution in [0.1, 0.15) is 59.8 Å². The summed E-state index contributed by atoms with van der Waals surface area (Å²) in [5.74, 6) is -5.20. The van der Waals surface area contributed by atoms with Gasteiger partial charge in [-0.15, -0.1) is 0 Å². The van der Waals surface area contributed by atoms with Crippen LogP contribution in [0, 0.1) is 5.89 Å². The molecule has 1 aliphatic rings. The summed E-state index contributed by atoms with van der Waals surface area (Å²) < 4.78 is 67.9. The summed E-state index contributed by atoms with van der Waals surface area (Å²) in [6, 6.07) is 32.4. The maximum absolute atomic E-state index is 14.7. The van der Waals surface area contributed by atoms with Crippen molar-refractivity contribution in [1.82, 2.24) is 20.4 Å². The van der Waals surface area contributed by atoms with Gasteiger partial charge in [0, 0.05) is 47.9 Å². The fourth-order valence-corrected chi connectivity index (χ4v) is 6.30. The largest absolute Gasteiger partial charge is 0.391 e. The van der Waals surface area contributed by atoms with Gasteiger partial charge in [-0.2, -0.15) is 0 Å². The Bertz CT molecular complexity index is 1800. The number of hydrogen-bond donors (Lipinski definition) is 3. The van der Waals surface area contributed by atoms with Crippen LogP contribution in [0.15, 0.2) is 121 Å². The van der Waals surface area contributed by atoms with Crippen molar-refractivity contribution in [3.63, 3.8) is 0 Å². The van der Waals surface area contributed by atoms with E-state index in [0.29, 0.717) is 24.4 Å². The quantitative estimate of drug-likeness (QED) is 0.134. The van der Waals surface area contributed by atoms with Crippen LogP contribution < -0.4 is 10.6 Å². The second-order valence-corrected chi connectivity index (χ2v) is 12.3. The Hall–Kier alpha value is -4.46. The van der Waals surface area contributed by atoms with Crippen LogP contribution in [0.3, 0.4) is 0 Å². The molecule has 4 aromatic rings. The van der Waals surface area contributed by atoms with E-state index in [1.54, 1.807) is 12.1 Å². The first kappa shape index (κ1) is 25.5. The van der Waals surface area contributed by atoms with E-state index in [-0.39, 0.29) is 32.4 Å². The summed E-state index contributed by atoms with van der Waals surface area (Å²) >= 11 is 0. The molecule has 1 aliphatic heterocycles. The molecule has 1 heterocycles. The number of amides is 3. The van der Waals surface area contributed by atoms with Crippen LogP contribution in [-0.4, -0.2) is 64.1 Å². The first-order valence-corrected chi connectivity index (χ1v) is 16.5. The number of hydrogen-bond acceptors (Lipinski definition) is 4. The molecule has 48 heavy (non-hydrogen) atoms. The van der Waals surface area contributed by atoms with Gasteiger partial charge in [0.15, 0.2) is 0 Å². The Morgan fingerprint density at radius 1 is 0.833 bits per heavy atom. The van der Waals surface area contributed by atoms with Crippen LogP contribution in [-0.2, 0) is 30.7 Å². The number of urea groups is 1. The van der Waals surface area contributed by atoms with Crippen molar-refractivity contribution in [2.75, 3.05) is 13.1 Å². The smallest absolute Gasteiger partial charge is 0.318 e. The first-order valence-electron chi connectivity index (χ1n) is 20.5. The highest BCUT2D eigenvalue weighted by atomic mass is 16.3. The predicted octanol–water partition coefficient (Wildman–Crippen LogP) is 6.22. The molecule has 0 aromatic heterocycles. The lowest BCUT2D eigenvalue weighted by atomic mass is 9.91. The molecule has 0 bridgehead atoms. The third kappa shape index (κ3) is 10.0. The number of nitrogens with zero attached hydrogens (tertiary/aromatic N) is 2. The van der Waals surface area contributed by atoms with E-state index in [1.807, 2.05) is 109 Å². The zero-order valence-corrected chi connectivity index (χ0v) is 27.1. The van der Waals surface area contributed by atoms with Crippen LogP contribution in [0.4, 0.5) is 4.79 Å². The van der Waals surface area contributed by atoms with E-state index in [4.69, 9.17) is 9.60 Å². The number of carbonyl (C=O) groups is 2. The molecule has 1 saturated heterocycles. The van der Waals surface area contributed by atoms with Crippen molar-refractivity contribution in [1.29, 1.82) is 0 Å². The summed E-state index contributed by atoms with van der Waals surface area (Å²) in [4.78, 5) is 30.7. The lowest BCUT2D eigenvalue weighted by Gasteiger charge is -2.38. The lowest BCUT2D eigenvalue weighted by molar-refractivity contribution is -0.128. The summed E-state index contributed by atoms with van der Waals surface area (Å²) in [5.41, 5.74) is 3.73. The van der Waals surface area contributed by atoms with Gasteiger partial charge in [0.1, 0.15) is 6.02 Å². The number of carbonyl (C=O) groups excluding carboxylic acids is 2. The number of rotatable bonds is 16. The van der Waals surface area contributed by atoms with Crippen LogP contribution >= 0.6 is 0 Å². The minimum Gasteiger partial charge on any atom is -0.391 e. The highest BCUT2D eigenvalue weighted by molar-refractivity contribution is 5.87. The van der Waals surface area contributed by atoms with Crippen LogP contribution in [0.25, 0.3) is 0 Å². The zero-order valence-electron chi connectivity index (χ0n) is 35.1. The second-order valence-electron chi connectivity index (χ2n) is 12.3. The second kappa shape index (κ2) is 17.6. The van der Waals surface area contributed by atoms with Gasteiger partial charge >= 0.3 is 6.03 Å². The van der Waals surface area contributed by atoms with E-state index in [2.05, 4.69) is 15.5 Å². The van der Waals surface area contributed by atoms with Crippen molar-refractivity contribution in [3.05, 3.63) is 144 Å². The number of aliphatic hydroxyl groups excluding tert-OH is 1. The molecule has 0 radical (unpaired) electrons. The standard InChI is InChI=1S/C41H50N4O3/c1-31(2)39(45-25-15-24-42-41(45)48)40(47)43-36(26-32-16-7-3-8-17-32)28-38(46)37(27-33-18-9-4-10-19-33)44(29-34-20-11-5-12-21-34)30-35-22-13-6-14-23-35/h3-14,16-23,31,36-39,46H,15,24-30H2,1-2H3,(H,42,48)(H,43,47)/t36-,37-,38-,39-/m0/s1/i1D3,2D3,31D,39D. The van der Waals surface area contributed by atoms with E-state index in [0.717, 1.165) is 22.3 Å². The van der Waals surface area contributed by atoms with E-state index >= 15 is 0 Å². The van der Waals surface area contributed by atoms with Gasteiger partial charge in [0.2, 0.25) is 5.91 Å². The van der Waals surface area contributed by atoms with Gasteiger partial charge in [-0.25, -0.2) is 4.79 Å². The minimum atomic E-state index is -3.76. The molecule has 1 fully saturated rings. The van der Waals surface area contributed by atoms with E-state index in [9.17, 15) is 16.1 Å². The summed E-state index contributed by atoms with van der Waals surface area (Å²) in [5, 5.41) is 17.6. The Morgan fingerprint density at radius 2 is 1.33 bits per heavy atom. The summed E-state index contributed by atoms with van der Waals surface area (Å²) in [7, 11) is 0. The molecule has 3 N–H and O–H groups in total. The van der Waals surface area contributed by atoms with Gasteiger partial charge in [-0.05, 0) is 53.8 Å². The summed E-state index contributed by atoms with van der Waals surface area (Å²) in [6.45, 7) is -6.64. The number of aliphatic hydroxyl groups is 1. The molecule has 4 atom stereocenters. The fourth-order valence-electron chi connectivity index (χ4n) is 6.30. The van der Waals surface area contributed by atoms with Crippen molar-refractivity contribution >= 4 is 11.9 Å². The molecular formula is C41H50N4O3. The van der Waals surface area contributed by atoms with Crippen molar-refractivity contribution < 1.29 is 25.7 Å². The van der Waals surface area contributed by atoms with Crippen molar-refractivity contribution in [3.8, 4) is 0 Å². The SMILES string of the molecule is [2H]C([2H])([2H])C([2H])(C([2H])([2H])[2H])[C@@]([2H])(C(=O)N[C@@H](Cc1ccccc1)C[C@H](O)[C@H](Cc1ccccc1)N(Cc1ccccc1)Cc1ccccc1)N1CCCNC1=O. The maximum Gasteiger partial charge on any atom is 0.318 e. The number of benzene rings is 4. The third-order valence-corrected chi connectivity index (χ3v) is 8.65. The first-order chi connectivity index (χ1) is 26.5. The summed E-state index contributed by atoms with van der Waals surface area (Å²) in [6.07, 6.45) is -0.538. The molecule has 0 spiro atoms.